The lowest BCUT2D eigenvalue weighted by Crippen LogP contribution is -1.91. The number of thioether (sulfide) groups is 1. The molecule has 2 aromatic rings. The number of halogens is 1. The van der Waals surface area contributed by atoms with Crippen LogP contribution in [0, 0.1) is 0 Å². The van der Waals surface area contributed by atoms with Crippen LogP contribution >= 0.6 is 23.4 Å². The summed E-state index contributed by atoms with van der Waals surface area (Å²) in [5, 5.41) is 4.97. The molecule has 0 saturated carbocycles. The highest BCUT2D eigenvalue weighted by Crippen LogP contribution is 2.29. The third-order valence-electron chi connectivity index (χ3n) is 2.12. The van der Waals surface area contributed by atoms with E-state index < -0.39 is 0 Å². The number of anilines is 1. The summed E-state index contributed by atoms with van der Waals surface area (Å²) in [4.78, 5) is 1.04. The van der Waals surface area contributed by atoms with Gasteiger partial charge in [-0.15, -0.1) is 11.8 Å². The van der Waals surface area contributed by atoms with Gasteiger partial charge in [0.1, 0.15) is 0 Å². The zero-order valence-electron chi connectivity index (χ0n) is 8.85. The van der Waals surface area contributed by atoms with E-state index in [1.807, 2.05) is 31.4 Å². The molecule has 1 aromatic heterocycles. The van der Waals surface area contributed by atoms with Gasteiger partial charge >= 0.3 is 0 Å². The molecule has 0 bridgehead atoms. The first-order valence-corrected chi connectivity index (χ1v) is 6.18. The van der Waals surface area contributed by atoms with Gasteiger partial charge in [-0.05, 0) is 24.3 Å². The van der Waals surface area contributed by atoms with Crippen molar-refractivity contribution < 1.29 is 0 Å². The number of hydrogen-bond acceptors (Lipinski definition) is 3. The molecule has 0 unspecified atom stereocenters. The normalized spacial score (nSPS) is 10.6. The molecule has 0 aliphatic heterocycles. The minimum atomic E-state index is 0.666. The van der Waals surface area contributed by atoms with Crippen molar-refractivity contribution in [1.82, 2.24) is 9.78 Å². The largest absolute Gasteiger partial charge is 0.398 e. The molecule has 0 atom stereocenters. The first kappa shape index (κ1) is 11.4. The molecule has 3 nitrogen and oxygen atoms in total. The Balaban J connectivity index is 2.04. The fraction of sp³-hybridized carbons (Fsp3) is 0.182. The molecule has 0 saturated heterocycles. The molecular formula is C11H12ClN3S. The van der Waals surface area contributed by atoms with Crippen molar-refractivity contribution in [2.75, 3.05) is 5.73 Å². The van der Waals surface area contributed by atoms with Gasteiger partial charge < -0.3 is 5.73 Å². The maximum atomic E-state index is 5.86. The van der Waals surface area contributed by atoms with Crippen LogP contribution in [-0.4, -0.2) is 9.78 Å². The Bertz CT molecular complexity index is 496. The third kappa shape index (κ3) is 2.71. The molecule has 1 heterocycles. The first-order valence-electron chi connectivity index (χ1n) is 4.81. The Morgan fingerprint density at radius 2 is 2.25 bits per heavy atom. The molecule has 0 aliphatic rings. The van der Waals surface area contributed by atoms with Crippen LogP contribution in [0.15, 0.2) is 35.4 Å². The van der Waals surface area contributed by atoms with Gasteiger partial charge in [-0.3, -0.25) is 4.68 Å². The molecule has 0 radical (unpaired) electrons. The number of aryl methyl sites for hydroxylation is 1. The van der Waals surface area contributed by atoms with E-state index in [0.29, 0.717) is 10.7 Å². The summed E-state index contributed by atoms with van der Waals surface area (Å²) in [6.07, 6.45) is 1.93. The van der Waals surface area contributed by atoms with Gasteiger partial charge in [0.2, 0.25) is 0 Å². The van der Waals surface area contributed by atoms with E-state index in [2.05, 4.69) is 5.10 Å². The second kappa shape index (κ2) is 4.80. The van der Waals surface area contributed by atoms with Crippen LogP contribution in [-0.2, 0) is 12.8 Å². The first-order chi connectivity index (χ1) is 7.65. The molecule has 2 N–H and O–H groups in total. The topological polar surface area (TPSA) is 43.8 Å². The number of benzene rings is 1. The average molecular weight is 254 g/mol. The summed E-state index contributed by atoms with van der Waals surface area (Å²) >= 11 is 7.50. The van der Waals surface area contributed by atoms with Crippen LogP contribution in [0.5, 0.6) is 0 Å². The fourth-order valence-corrected chi connectivity index (χ4v) is 2.37. The van der Waals surface area contributed by atoms with E-state index in [9.17, 15) is 0 Å². The number of hydrogen-bond donors (Lipinski definition) is 1. The Kier molecular flexibility index (Phi) is 3.41. The van der Waals surface area contributed by atoms with Crippen molar-refractivity contribution in [3.05, 3.63) is 41.2 Å². The number of rotatable bonds is 3. The zero-order valence-corrected chi connectivity index (χ0v) is 10.4. The SMILES string of the molecule is Cn1ccc(CSc2ccc(Cl)cc2N)n1. The predicted octanol–water partition coefficient (Wildman–Crippen LogP) is 2.95. The van der Waals surface area contributed by atoms with Crippen molar-refractivity contribution in [2.45, 2.75) is 10.6 Å². The van der Waals surface area contributed by atoms with Crippen LogP contribution in [0.2, 0.25) is 5.02 Å². The van der Waals surface area contributed by atoms with E-state index in [0.717, 1.165) is 16.3 Å². The summed E-state index contributed by atoms with van der Waals surface area (Å²) in [5.74, 6) is 0.812. The summed E-state index contributed by atoms with van der Waals surface area (Å²) in [5.41, 5.74) is 7.62. The Hall–Kier alpha value is -1.13. The van der Waals surface area contributed by atoms with Crippen LogP contribution in [0.1, 0.15) is 5.69 Å². The average Bonchev–Trinajstić information content (AvgIpc) is 2.63. The van der Waals surface area contributed by atoms with Crippen molar-refractivity contribution in [2.24, 2.45) is 7.05 Å². The molecular weight excluding hydrogens is 242 g/mol. The van der Waals surface area contributed by atoms with Crippen LogP contribution in [0.25, 0.3) is 0 Å². The summed E-state index contributed by atoms with van der Waals surface area (Å²) in [6.45, 7) is 0. The van der Waals surface area contributed by atoms with Gasteiger partial charge in [-0.25, -0.2) is 0 Å². The second-order valence-corrected chi connectivity index (χ2v) is 4.91. The van der Waals surface area contributed by atoms with Crippen molar-refractivity contribution >= 4 is 29.1 Å². The second-order valence-electron chi connectivity index (χ2n) is 3.45. The highest BCUT2D eigenvalue weighted by Gasteiger charge is 2.03. The van der Waals surface area contributed by atoms with Crippen LogP contribution in [0.3, 0.4) is 0 Å². The predicted molar refractivity (Wildman–Crippen MR) is 68.6 cm³/mol. The van der Waals surface area contributed by atoms with Crippen LogP contribution < -0.4 is 5.73 Å². The summed E-state index contributed by atoms with van der Waals surface area (Å²) in [6, 6.07) is 7.55. The van der Waals surface area contributed by atoms with Gasteiger partial charge in [0.25, 0.3) is 0 Å². The minimum absolute atomic E-state index is 0.666. The van der Waals surface area contributed by atoms with Crippen molar-refractivity contribution in [1.29, 1.82) is 0 Å². The molecule has 1 aromatic carbocycles. The standard InChI is InChI=1S/C11H12ClN3S/c1-15-5-4-9(14-15)7-16-11-3-2-8(12)6-10(11)13/h2-6H,7,13H2,1H3. The smallest absolute Gasteiger partial charge is 0.0727 e. The lowest BCUT2D eigenvalue weighted by Gasteiger charge is -2.04. The quantitative estimate of drug-likeness (QED) is 0.676. The number of nitrogens with zero attached hydrogens (tertiary/aromatic N) is 2. The molecule has 0 aliphatic carbocycles. The summed E-state index contributed by atoms with van der Waals surface area (Å²) < 4.78 is 1.79. The van der Waals surface area contributed by atoms with E-state index in [1.54, 1.807) is 22.5 Å². The number of aromatic nitrogens is 2. The zero-order chi connectivity index (χ0) is 11.5. The van der Waals surface area contributed by atoms with Gasteiger partial charge in [-0.1, -0.05) is 11.6 Å². The molecule has 84 valence electrons. The van der Waals surface area contributed by atoms with E-state index in [-0.39, 0.29) is 0 Å². The molecule has 0 fully saturated rings. The van der Waals surface area contributed by atoms with E-state index in [1.165, 1.54) is 0 Å². The minimum Gasteiger partial charge on any atom is -0.398 e. The lowest BCUT2D eigenvalue weighted by molar-refractivity contribution is 0.755. The van der Waals surface area contributed by atoms with Gasteiger partial charge in [0, 0.05) is 34.6 Å². The third-order valence-corrected chi connectivity index (χ3v) is 3.47. The molecule has 16 heavy (non-hydrogen) atoms. The number of nitrogens with two attached hydrogens (primary N) is 1. The van der Waals surface area contributed by atoms with E-state index in [4.69, 9.17) is 17.3 Å². The summed E-state index contributed by atoms with van der Waals surface area (Å²) in [7, 11) is 1.91. The van der Waals surface area contributed by atoms with Crippen molar-refractivity contribution in [3.8, 4) is 0 Å². The van der Waals surface area contributed by atoms with Gasteiger partial charge in [-0.2, -0.15) is 5.10 Å². The molecule has 5 heteroatoms. The number of nitrogen functional groups attached to an aromatic ring is 1. The van der Waals surface area contributed by atoms with Gasteiger partial charge in [0.05, 0.1) is 5.69 Å². The highest BCUT2D eigenvalue weighted by atomic mass is 35.5. The van der Waals surface area contributed by atoms with E-state index >= 15 is 0 Å². The fourth-order valence-electron chi connectivity index (χ4n) is 1.34. The van der Waals surface area contributed by atoms with Crippen LogP contribution in [0.4, 0.5) is 5.69 Å². The molecule has 2 rings (SSSR count). The Morgan fingerprint density at radius 1 is 1.44 bits per heavy atom. The highest BCUT2D eigenvalue weighted by molar-refractivity contribution is 7.98. The van der Waals surface area contributed by atoms with Gasteiger partial charge in [0.15, 0.2) is 0 Å². The maximum Gasteiger partial charge on any atom is 0.0727 e. The Labute approximate surface area is 104 Å². The Morgan fingerprint density at radius 3 is 2.88 bits per heavy atom. The van der Waals surface area contributed by atoms with Crippen molar-refractivity contribution in [3.63, 3.8) is 0 Å². The molecule has 0 amide bonds. The lowest BCUT2D eigenvalue weighted by atomic mass is 10.3. The monoisotopic (exact) mass is 253 g/mol. The maximum absolute atomic E-state index is 5.86. The molecule has 0 spiro atoms.